The number of sulfonamides is 1. The number of morpholine rings is 1. The minimum Gasteiger partial charge on any atom is -0.373 e. The van der Waals surface area contributed by atoms with Gasteiger partial charge in [0.15, 0.2) is 0 Å². The van der Waals surface area contributed by atoms with Crippen LogP contribution in [0.5, 0.6) is 0 Å². The Kier molecular flexibility index (Phi) is 7.46. The summed E-state index contributed by atoms with van der Waals surface area (Å²) in [5.74, 6) is 0.266. The molecule has 1 amide bonds. The van der Waals surface area contributed by atoms with Crippen LogP contribution in [0.15, 0.2) is 23.1 Å². The lowest BCUT2D eigenvalue weighted by molar-refractivity contribution is -0.146. The zero-order valence-electron chi connectivity index (χ0n) is 19.7. The maximum atomic E-state index is 13.5. The molecule has 0 N–H and O–H groups in total. The summed E-state index contributed by atoms with van der Waals surface area (Å²) in [6.45, 7) is 14.9. The van der Waals surface area contributed by atoms with Crippen LogP contribution in [0.25, 0.3) is 0 Å². The van der Waals surface area contributed by atoms with Crippen LogP contribution in [0.2, 0.25) is 0 Å². The van der Waals surface area contributed by atoms with E-state index in [2.05, 4.69) is 18.7 Å². The second-order valence-corrected chi connectivity index (χ2v) is 11.3. The van der Waals surface area contributed by atoms with Gasteiger partial charge < -0.3 is 9.64 Å². The Labute approximate surface area is 187 Å². The number of amides is 1. The fourth-order valence-corrected chi connectivity index (χ4v) is 6.50. The number of aryl methyl sites for hydroxylation is 2. The molecule has 3 atom stereocenters. The Hall–Kier alpha value is -1.48. The van der Waals surface area contributed by atoms with Gasteiger partial charge in [-0.3, -0.25) is 9.69 Å². The lowest BCUT2D eigenvalue weighted by Crippen LogP contribution is -2.60. The number of hydrogen-bond donors (Lipinski definition) is 0. The van der Waals surface area contributed by atoms with E-state index in [1.54, 1.807) is 6.07 Å². The van der Waals surface area contributed by atoms with E-state index in [0.29, 0.717) is 31.1 Å². The number of nitrogens with zero attached hydrogens (tertiary/aromatic N) is 3. The minimum absolute atomic E-state index is 0.0948. The third-order valence-electron chi connectivity index (χ3n) is 6.24. The van der Waals surface area contributed by atoms with Gasteiger partial charge in [0.2, 0.25) is 15.9 Å². The molecule has 174 valence electrons. The zero-order valence-corrected chi connectivity index (χ0v) is 20.5. The molecular weight excluding hydrogens is 414 g/mol. The second kappa shape index (κ2) is 9.57. The normalized spacial score (nSPS) is 25.1. The predicted octanol–water partition coefficient (Wildman–Crippen LogP) is 2.27. The summed E-state index contributed by atoms with van der Waals surface area (Å²) in [6.07, 6.45) is 0.190. The van der Waals surface area contributed by atoms with Crippen molar-refractivity contribution in [1.82, 2.24) is 14.1 Å². The third-order valence-corrected chi connectivity index (χ3v) is 8.28. The quantitative estimate of drug-likeness (QED) is 0.687. The number of benzene rings is 1. The van der Waals surface area contributed by atoms with Crippen molar-refractivity contribution >= 4 is 15.9 Å². The molecule has 0 spiro atoms. The van der Waals surface area contributed by atoms with Gasteiger partial charge in [-0.05, 0) is 50.8 Å². The van der Waals surface area contributed by atoms with E-state index in [4.69, 9.17) is 4.74 Å². The van der Waals surface area contributed by atoms with Crippen LogP contribution in [0.3, 0.4) is 0 Å². The maximum Gasteiger partial charge on any atom is 0.243 e. The number of carbonyl (C=O) groups is 1. The molecule has 3 rings (SSSR count). The molecule has 2 aliphatic rings. The first-order valence-corrected chi connectivity index (χ1v) is 12.7. The van der Waals surface area contributed by atoms with E-state index < -0.39 is 10.0 Å². The highest BCUT2D eigenvalue weighted by molar-refractivity contribution is 7.89. The third kappa shape index (κ3) is 5.30. The molecule has 2 heterocycles. The largest absolute Gasteiger partial charge is 0.373 e. The maximum absolute atomic E-state index is 13.5. The molecule has 1 aromatic carbocycles. The number of ether oxygens (including phenoxy) is 1. The first-order valence-electron chi connectivity index (χ1n) is 11.3. The number of hydrogen-bond acceptors (Lipinski definition) is 5. The lowest BCUT2D eigenvalue weighted by atomic mass is 9.98. The molecule has 1 aromatic rings. The number of piperazine rings is 1. The Balaban J connectivity index is 1.70. The Morgan fingerprint density at radius 2 is 1.61 bits per heavy atom. The molecule has 3 unspecified atom stereocenters. The van der Waals surface area contributed by atoms with E-state index in [9.17, 15) is 13.2 Å². The Morgan fingerprint density at radius 1 is 1.03 bits per heavy atom. The first kappa shape index (κ1) is 24.2. The Morgan fingerprint density at radius 3 is 2.16 bits per heavy atom. The highest BCUT2D eigenvalue weighted by atomic mass is 32.2. The van der Waals surface area contributed by atoms with Gasteiger partial charge in [0.25, 0.3) is 0 Å². The van der Waals surface area contributed by atoms with Crippen LogP contribution in [-0.2, 0) is 19.6 Å². The van der Waals surface area contributed by atoms with E-state index in [1.165, 1.54) is 4.31 Å². The van der Waals surface area contributed by atoms with E-state index in [0.717, 1.165) is 24.2 Å². The van der Waals surface area contributed by atoms with Crippen molar-refractivity contribution in [3.63, 3.8) is 0 Å². The summed E-state index contributed by atoms with van der Waals surface area (Å²) in [5, 5.41) is 0. The molecule has 2 fully saturated rings. The summed E-state index contributed by atoms with van der Waals surface area (Å²) < 4.78 is 33.8. The fourth-order valence-electron chi connectivity index (χ4n) is 4.77. The van der Waals surface area contributed by atoms with Crippen LogP contribution < -0.4 is 0 Å². The molecule has 0 aliphatic carbocycles. The molecule has 8 heteroatoms. The summed E-state index contributed by atoms with van der Waals surface area (Å²) in [6, 6.07) is 5.29. The molecule has 31 heavy (non-hydrogen) atoms. The highest BCUT2D eigenvalue weighted by Gasteiger charge is 2.38. The Bertz CT molecular complexity index is 884. The average Bonchev–Trinajstić information content (AvgIpc) is 2.69. The van der Waals surface area contributed by atoms with Crippen LogP contribution in [0.1, 0.15) is 38.8 Å². The van der Waals surface area contributed by atoms with E-state index in [1.807, 2.05) is 44.7 Å². The van der Waals surface area contributed by atoms with Crippen molar-refractivity contribution in [2.24, 2.45) is 5.92 Å². The van der Waals surface area contributed by atoms with Gasteiger partial charge in [0.1, 0.15) is 0 Å². The molecule has 7 nitrogen and oxygen atoms in total. The summed E-state index contributed by atoms with van der Waals surface area (Å²) >= 11 is 0. The van der Waals surface area contributed by atoms with Gasteiger partial charge in [-0.2, -0.15) is 4.31 Å². The van der Waals surface area contributed by atoms with Crippen LogP contribution in [0, 0.1) is 19.8 Å². The van der Waals surface area contributed by atoms with E-state index >= 15 is 0 Å². The smallest absolute Gasteiger partial charge is 0.243 e. The van der Waals surface area contributed by atoms with Gasteiger partial charge >= 0.3 is 0 Å². The minimum atomic E-state index is -3.57. The van der Waals surface area contributed by atoms with Crippen molar-refractivity contribution in [1.29, 1.82) is 0 Å². The molecule has 2 saturated heterocycles. The van der Waals surface area contributed by atoms with Crippen LogP contribution in [-0.4, -0.2) is 85.9 Å². The van der Waals surface area contributed by atoms with Crippen molar-refractivity contribution in [3.8, 4) is 0 Å². The second-order valence-electron chi connectivity index (χ2n) is 9.40. The lowest BCUT2D eigenvalue weighted by Gasteiger charge is -2.44. The van der Waals surface area contributed by atoms with Crippen LogP contribution >= 0.6 is 0 Å². The van der Waals surface area contributed by atoms with Gasteiger partial charge in [0, 0.05) is 39.3 Å². The summed E-state index contributed by atoms with van der Waals surface area (Å²) in [5.41, 5.74) is 1.67. The molecule has 0 saturated carbocycles. The molecular formula is C23H37N3O4S. The van der Waals surface area contributed by atoms with Gasteiger partial charge in [-0.1, -0.05) is 26.0 Å². The molecule has 0 bridgehead atoms. The molecule has 0 aromatic heterocycles. The van der Waals surface area contributed by atoms with Crippen molar-refractivity contribution < 1.29 is 17.9 Å². The molecule has 0 radical (unpaired) electrons. The fraction of sp³-hybridized carbons (Fsp3) is 0.696. The SMILES string of the molecule is Cc1ccc(C)c(S(=O)(=O)N2CCN(C(=O)C(C(C)C)N3CC(C)OC(C)C3)CC2)c1. The van der Waals surface area contributed by atoms with Crippen molar-refractivity contribution in [3.05, 3.63) is 29.3 Å². The van der Waals surface area contributed by atoms with Crippen LogP contribution in [0.4, 0.5) is 0 Å². The standard InChI is InChI=1S/C23H37N3O4S/c1-16(2)22(25-14-19(5)30-20(6)15-25)23(27)24-9-11-26(12-10-24)31(28,29)21-13-17(3)7-8-18(21)4/h7-8,13,16,19-20,22H,9-12,14-15H2,1-6H3. The van der Waals surface area contributed by atoms with E-state index in [-0.39, 0.29) is 30.1 Å². The van der Waals surface area contributed by atoms with Crippen molar-refractivity contribution in [2.45, 2.75) is 64.7 Å². The van der Waals surface area contributed by atoms with Gasteiger partial charge in [0.05, 0.1) is 23.1 Å². The monoisotopic (exact) mass is 451 g/mol. The first-order chi connectivity index (χ1) is 14.5. The van der Waals surface area contributed by atoms with Gasteiger partial charge in [-0.25, -0.2) is 8.42 Å². The number of carbonyl (C=O) groups excluding carboxylic acids is 1. The van der Waals surface area contributed by atoms with Gasteiger partial charge in [-0.15, -0.1) is 0 Å². The average molecular weight is 452 g/mol. The topological polar surface area (TPSA) is 70.2 Å². The zero-order chi connectivity index (χ0) is 22.9. The highest BCUT2D eigenvalue weighted by Crippen LogP contribution is 2.24. The summed E-state index contributed by atoms with van der Waals surface area (Å²) in [7, 11) is -3.57. The molecule has 2 aliphatic heterocycles. The summed E-state index contributed by atoms with van der Waals surface area (Å²) in [4.78, 5) is 17.9. The predicted molar refractivity (Wildman–Crippen MR) is 121 cm³/mol. The number of rotatable bonds is 5. The van der Waals surface area contributed by atoms with Crippen molar-refractivity contribution in [2.75, 3.05) is 39.3 Å².